The predicted octanol–water partition coefficient (Wildman–Crippen LogP) is 5.26. The maximum Gasteiger partial charge on any atom is 0.0688 e. The third-order valence-corrected chi connectivity index (χ3v) is 4.89. The first-order chi connectivity index (χ1) is 8.80. The Kier molecular flexibility index (Phi) is 4.49. The molecule has 1 N–H and O–H groups in total. The SMILES string of the molecule is CC1(C)CCCC(O)(Cc2cc(Cl)ccc2Cl)CC1. The highest BCUT2D eigenvalue weighted by Gasteiger charge is 2.34. The van der Waals surface area contributed by atoms with Crippen LogP contribution in [0.1, 0.15) is 51.5 Å². The van der Waals surface area contributed by atoms with Crippen molar-refractivity contribution in [1.82, 2.24) is 0 Å². The third-order valence-electron chi connectivity index (χ3n) is 4.29. The minimum Gasteiger partial charge on any atom is -0.390 e. The van der Waals surface area contributed by atoms with Gasteiger partial charge in [-0.15, -0.1) is 0 Å². The van der Waals surface area contributed by atoms with Gasteiger partial charge in [0.25, 0.3) is 0 Å². The molecular formula is C16H22Cl2O. The monoisotopic (exact) mass is 300 g/mol. The van der Waals surface area contributed by atoms with Crippen molar-refractivity contribution in [2.45, 2.75) is 58.0 Å². The second-order valence-electron chi connectivity index (χ2n) is 6.65. The van der Waals surface area contributed by atoms with Crippen LogP contribution in [0.4, 0.5) is 0 Å². The highest BCUT2D eigenvalue weighted by Crippen LogP contribution is 2.40. The fourth-order valence-electron chi connectivity index (χ4n) is 2.93. The van der Waals surface area contributed by atoms with E-state index in [9.17, 15) is 5.11 Å². The molecule has 1 saturated carbocycles. The summed E-state index contributed by atoms with van der Waals surface area (Å²) < 4.78 is 0. The predicted molar refractivity (Wildman–Crippen MR) is 82.0 cm³/mol. The standard InChI is InChI=1S/C16H22Cl2O/c1-15(2)6-3-7-16(19,9-8-15)11-12-10-13(17)4-5-14(12)18/h4-5,10,19H,3,6-9,11H2,1-2H3. The van der Waals surface area contributed by atoms with Gasteiger partial charge in [-0.1, -0.05) is 43.5 Å². The van der Waals surface area contributed by atoms with Crippen LogP contribution in [0.25, 0.3) is 0 Å². The first-order valence-corrected chi connectivity index (χ1v) is 7.72. The summed E-state index contributed by atoms with van der Waals surface area (Å²) in [5, 5.41) is 12.2. The molecule has 0 radical (unpaired) electrons. The zero-order valence-corrected chi connectivity index (χ0v) is 13.2. The van der Waals surface area contributed by atoms with Crippen LogP contribution in [0.15, 0.2) is 18.2 Å². The van der Waals surface area contributed by atoms with Gasteiger partial charge in [-0.2, -0.15) is 0 Å². The highest BCUT2D eigenvalue weighted by atomic mass is 35.5. The van der Waals surface area contributed by atoms with Crippen molar-refractivity contribution in [3.63, 3.8) is 0 Å². The Hall–Kier alpha value is -0.240. The third kappa shape index (κ3) is 4.11. The maximum atomic E-state index is 10.9. The molecule has 1 aromatic rings. The fourth-order valence-corrected chi connectivity index (χ4v) is 3.31. The topological polar surface area (TPSA) is 20.2 Å². The van der Waals surface area contributed by atoms with Crippen molar-refractivity contribution >= 4 is 23.2 Å². The van der Waals surface area contributed by atoms with Crippen LogP contribution in [-0.2, 0) is 6.42 Å². The Morgan fingerprint density at radius 2 is 1.84 bits per heavy atom. The summed E-state index contributed by atoms with van der Waals surface area (Å²) in [6, 6.07) is 5.47. The molecule has 0 spiro atoms. The average molecular weight is 301 g/mol. The van der Waals surface area contributed by atoms with Crippen LogP contribution >= 0.6 is 23.2 Å². The van der Waals surface area contributed by atoms with Crippen LogP contribution in [0.2, 0.25) is 10.0 Å². The number of benzene rings is 1. The lowest BCUT2D eigenvalue weighted by Crippen LogP contribution is -2.31. The molecule has 2 rings (SSSR count). The van der Waals surface area contributed by atoms with E-state index < -0.39 is 5.60 Å². The van der Waals surface area contributed by atoms with Gasteiger partial charge in [0.1, 0.15) is 0 Å². The lowest BCUT2D eigenvalue weighted by Gasteiger charge is -2.28. The average Bonchev–Trinajstić information content (AvgIpc) is 2.44. The summed E-state index contributed by atoms with van der Waals surface area (Å²) in [7, 11) is 0. The molecule has 0 saturated heterocycles. The second kappa shape index (κ2) is 5.63. The molecule has 1 aromatic carbocycles. The van der Waals surface area contributed by atoms with Gasteiger partial charge in [-0.3, -0.25) is 0 Å². The van der Waals surface area contributed by atoms with Gasteiger partial charge < -0.3 is 5.11 Å². The van der Waals surface area contributed by atoms with Crippen molar-refractivity contribution in [3.8, 4) is 0 Å². The summed E-state index contributed by atoms with van der Waals surface area (Å²) in [6.45, 7) is 4.57. The molecule has 1 aliphatic carbocycles. The molecule has 3 heteroatoms. The Morgan fingerprint density at radius 3 is 2.58 bits per heavy atom. The van der Waals surface area contributed by atoms with Gasteiger partial charge in [0.15, 0.2) is 0 Å². The van der Waals surface area contributed by atoms with E-state index in [0.29, 0.717) is 21.9 Å². The number of hydrogen-bond acceptors (Lipinski definition) is 1. The molecule has 0 bridgehead atoms. The maximum absolute atomic E-state index is 10.9. The van der Waals surface area contributed by atoms with E-state index in [1.165, 1.54) is 6.42 Å². The second-order valence-corrected chi connectivity index (χ2v) is 7.50. The lowest BCUT2D eigenvalue weighted by molar-refractivity contribution is 0.0226. The molecule has 1 fully saturated rings. The normalized spacial score (nSPS) is 27.0. The Balaban J connectivity index is 2.14. The summed E-state index contributed by atoms with van der Waals surface area (Å²) in [4.78, 5) is 0. The van der Waals surface area contributed by atoms with Crippen LogP contribution < -0.4 is 0 Å². The number of hydrogen-bond donors (Lipinski definition) is 1. The Morgan fingerprint density at radius 1 is 1.11 bits per heavy atom. The molecule has 0 aliphatic heterocycles. The minimum atomic E-state index is -0.637. The molecule has 1 atom stereocenters. The van der Waals surface area contributed by atoms with Crippen molar-refractivity contribution in [2.75, 3.05) is 0 Å². The molecule has 0 heterocycles. The molecule has 1 unspecified atom stereocenters. The van der Waals surface area contributed by atoms with Gasteiger partial charge in [0, 0.05) is 16.5 Å². The summed E-state index contributed by atoms with van der Waals surface area (Å²) in [5.74, 6) is 0. The minimum absolute atomic E-state index is 0.336. The smallest absolute Gasteiger partial charge is 0.0688 e. The van der Waals surface area contributed by atoms with Crippen molar-refractivity contribution < 1.29 is 5.11 Å². The zero-order chi connectivity index (χ0) is 14.1. The molecule has 0 amide bonds. The lowest BCUT2D eigenvalue weighted by atomic mass is 9.83. The Labute approximate surface area is 125 Å². The van der Waals surface area contributed by atoms with E-state index in [0.717, 1.165) is 31.2 Å². The van der Waals surface area contributed by atoms with Crippen molar-refractivity contribution in [1.29, 1.82) is 0 Å². The van der Waals surface area contributed by atoms with Gasteiger partial charge in [-0.25, -0.2) is 0 Å². The van der Waals surface area contributed by atoms with E-state index in [1.54, 1.807) is 6.07 Å². The first-order valence-electron chi connectivity index (χ1n) is 6.96. The van der Waals surface area contributed by atoms with E-state index in [2.05, 4.69) is 13.8 Å². The number of aliphatic hydroxyl groups is 1. The number of rotatable bonds is 2. The van der Waals surface area contributed by atoms with Gasteiger partial charge in [-0.05, 0) is 54.9 Å². The summed E-state index contributed by atoms with van der Waals surface area (Å²) in [5.41, 5.74) is 0.654. The van der Waals surface area contributed by atoms with Gasteiger partial charge in [0.2, 0.25) is 0 Å². The van der Waals surface area contributed by atoms with Gasteiger partial charge >= 0.3 is 0 Å². The van der Waals surface area contributed by atoms with E-state index >= 15 is 0 Å². The zero-order valence-electron chi connectivity index (χ0n) is 11.7. The fraction of sp³-hybridized carbons (Fsp3) is 0.625. The van der Waals surface area contributed by atoms with Crippen molar-refractivity contribution in [2.24, 2.45) is 5.41 Å². The van der Waals surface area contributed by atoms with E-state index in [4.69, 9.17) is 23.2 Å². The van der Waals surface area contributed by atoms with Crippen LogP contribution in [0, 0.1) is 5.41 Å². The molecule has 106 valence electrons. The molecule has 1 aliphatic rings. The highest BCUT2D eigenvalue weighted by molar-refractivity contribution is 6.33. The largest absolute Gasteiger partial charge is 0.390 e. The van der Waals surface area contributed by atoms with E-state index in [-0.39, 0.29) is 0 Å². The summed E-state index contributed by atoms with van der Waals surface area (Å²) in [6.07, 6.45) is 5.59. The molecule has 1 nitrogen and oxygen atoms in total. The first kappa shape index (κ1) is 15.2. The molecule has 0 aromatic heterocycles. The van der Waals surface area contributed by atoms with Gasteiger partial charge in [0.05, 0.1) is 5.60 Å². The Bertz CT molecular complexity index is 456. The quantitative estimate of drug-likeness (QED) is 0.739. The molecular weight excluding hydrogens is 279 g/mol. The van der Waals surface area contributed by atoms with E-state index in [1.807, 2.05) is 12.1 Å². The van der Waals surface area contributed by atoms with Crippen LogP contribution in [0.3, 0.4) is 0 Å². The van der Waals surface area contributed by atoms with Crippen molar-refractivity contribution in [3.05, 3.63) is 33.8 Å². The number of halogens is 2. The molecule has 19 heavy (non-hydrogen) atoms. The van der Waals surface area contributed by atoms with Crippen LogP contribution in [-0.4, -0.2) is 10.7 Å². The van der Waals surface area contributed by atoms with Crippen LogP contribution in [0.5, 0.6) is 0 Å². The summed E-state index contributed by atoms with van der Waals surface area (Å²) >= 11 is 12.2.